The zero-order valence-electron chi connectivity index (χ0n) is 20.5. The van der Waals surface area contributed by atoms with E-state index in [0.717, 1.165) is 79.8 Å². The molecule has 36 heavy (non-hydrogen) atoms. The number of rotatable bonds is 7. The van der Waals surface area contributed by atoms with Crippen LogP contribution >= 0.6 is 0 Å². The molecule has 0 amide bonds. The highest BCUT2D eigenvalue weighted by atomic mass is 15.1. The third-order valence-electron chi connectivity index (χ3n) is 6.46. The molecule has 5 aromatic rings. The van der Waals surface area contributed by atoms with Crippen LogP contribution in [0, 0.1) is 5.92 Å². The fraction of sp³-hybridized carbons (Fsp3) is 0.167. The SMILES string of the molecule is C=C(CC(C)C)Nc1cncc(-c2ccc3[nH]nc(-c4cc5c(C6=CCC=C6)nccc5[nH]4)c3c2)c1. The first kappa shape index (κ1) is 22.0. The summed E-state index contributed by atoms with van der Waals surface area (Å²) in [6.07, 6.45) is 14.0. The van der Waals surface area contributed by atoms with Crippen molar-refractivity contribution in [2.24, 2.45) is 5.92 Å². The molecule has 0 aliphatic heterocycles. The maximum absolute atomic E-state index is 4.66. The van der Waals surface area contributed by atoms with Gasteiger partial charge in [-0.25, -0.2) is 0 Å². The average Bonchev–Trinajstić information content (AvgIpc) is 3.62. The Kier molecular flexibility index (Phi) is 5.49. The zero-order chi connectivity index (χ0) is 24.6. The van der Waals surface area contributed by atoms with Crippen molar-refractivity contribution in [2.45, 2.75) is 26.7 Å². The summed E-state index contributed by atoms with van der Waals surface area (Å²) in [6, 6.07) is 12.6. The molecule has 0 saturated heterocycles. The van der Waals surface area contributed by atoms with E-state index in [-0.39, 0.29) is 0 Å². The fourth-order valence-corrected chi connectivity index (χ4v) is 4.86. The van der Waals surface area contributed by atoms with Gasteiger partial charge in [-0.05, 0) is 60.2 Å². The Morgan fingerprint density at radius 3 is 2.75 bits per heavy atom. The van der Waals surface area contributed by atoms with Crippen molar-refractivity contribution in [3.8, 4) is 22.5 Å². The Hall–Kier alpha value is -4.45. The molecule has 6 rings (SSSR count). The lowest BCUT2D eigenvalue weighted by Crippen LogP contribution is -2.02. The summed E-state index contributed by atoms with van der Waals surface area (Å²) in [7, 11) is 0. The summed E-state index contributed by atoms with van der Waals surface area (Å²) in [5, 5.41) is 13.4. The van der Waals surface area contributed by atoms with E-state index in [9.17, 15) is 0 Å². The minimum absolute atomic E-state index is 0.547. The van der Waals surface area contributed by atoms with Crippen molar-refractivity contribution >= 4 is 33.1 Å². The summed E-state index contributed by atoms with van der Waals surface area (Å²) >= 11 is 0. The van der Waals surface area contributed by atoms with Gasteiger partial charge in [-0.3, -0.25) is 15.1 Å². The highest BCUT2D eigenvalue weighted by Gasteiger charge is 2.16. The molecule has 6 heteroatoms. The third-order valence-corrected chi connectivity index (χ3v) is 6.46. The molecule has 6 nitrogen and oxygen atoms in total. The zero-order valence-corrected chi connectivity index (χ0v) is 20.5. The van der Waals surface area contributed by atoms with Crippen LogP contribution in [0.1, 0.15) is 32.4 Å². The molecule has 4 aromatic heterocycles. The number of fused-ring (bicyclic) bond motifs is 2. The third kappa shape index (κ3) is 4.11. The monoisotopic (exact) mass is 472 g/mol. The number of aromatic nitrogens is 5. The fourth-order valence-electron chi connectivity index (χ4n) is 4.86. The number of nitrogens with one attached hydrogen (secondary N) is 3. The Labute approximate surface area is 209 Å². The summed E-state index contributed by atoms with van der Waals surface area (Å²) in [5.41, 5.74) is 10.1. The van der Waals surface area contributed by atoms with Gasteiger partial charge >= 0.3 is 0 Å². The summed E-state index contributed by atoms with van der Waals surface area (Å²) in [4.78, 5) is 12.7. The number of hydrogen-bond acceptors (Lipinski definition) is 4. The predicted octanol–water partition coefficient (Wildman–Crippen LogP) is 7.48. The van der Waals surface area contributed by atoms with E-state index in [1.165, 1.54) is 0 Å². The van der Waals surface area contributed by atoms with Gasteiger partial charge in [0.1, 0.15) is 5.69 Å². The first-order valence-corrected chi connectivity index (χ1v) is 12.3. The molecule has 0 unspecified atom stereocenters. The van der Waals surface area contributed by atoms with Crippen LogP contribution in [-0.2, 0) is 0 Å². The quantitative estimate of drug-likeness (QED) is 0.229. The van der Waals surface area contributed by atoms with E-state index in [4.69, 9.17) is 0 Å². The number of H-pyrrole nitrogens is 2. The second kappa shape index (κ2) is 8.96. The molecular formula is C30H28N6. The largest absolute Gasteiger partial charge is 0.358 e. The van der Waals surface area contributed by atoms with Crippen molar-refractivity contribution < 1.29 is 0 Å². The minimum Gasteiger partial charge on any atom is -0.358 e. The molecule has 1 aliphatic rings. The van der Waals surface area contributed by atoms with E-state index < -0.39 is 0 Å². The maximum Gasteiger partial charge on any atom is 0.116 e. The van der Waals surface area contributed by atoms with E-state index >= 15 is 0 Å². The van der Waals surface area contributed by atoms with Gasteiger partial charge in [0.25, 0.3) is 0 Å². The second-order valence-electron chi connectivity index (χ2n) is 9.72. The smallest absolute Gasteiger partial charge is 0.116 e. The maximum atomic E-state index is 4.66. The van der Waals surface area contributed by atoms with Crippen LogP contribution in [0.3, 0.4) is 0 Å². The van der Waals surface area contributed by atoms with Gasteiger partial charge in [-0.15, -0.1) is 0 Å². The molecule has 0 bridgehead atoms. The van der Waals surface area contributed by atoms with Crippen molar-refractivity contribution in [3.05, 3.63) is 91.2 Å². The van der Waals surface area contributed by atoms with Gasteiger partial charge in [-0.1, -0.05) is 44.7 Å². The summed E-state index contributed by atoms with van der Waals surface area (Å²) < 4.78 is 0. The standard InChI is InChI=1S/C30H28N6/c1-18(2)12-19(3)33-23-13-22(16-31-17-23)21-8-9-27-24(14-21)30(36-35-27)28-15-25-26(34-28)10-11-32-29(25)20-6-4-5-7-20/h4,6-11,13-18,33-34H,3,5,12H2,1-2H3,(H,35,36). The highest BCUT2D eigenvalue weighted by Crippen LogP contribution is 2.34. The van der Waals surface area contributed by atoms with Crippen LogP contribution in [0.4, 0.5) is 5.69 Å². The Bertz CT molecular complexity index is 1660. The molecule has 0 spiro atoms. The van der Waals surface area contributed by atoms with Crippen LogP contribution in [0.2, 0.25) is 0 Å². The van der Waals surface area contributed by atoms with Gasteiger partial charge < -0.3 is 10.3 Å². The van der Waals surface area contributed by atoms with Crippen LogP contribution in [0.15, 0.2) is 85.5 Å². The van der Waals surface area contributed by atoms with Crippen LogP contribution in [0.5, 0.6) is 0 Å². The molecule has 178 valence electrons. The topological polar surface area (TPSA) is 82.3 Å². The minimum atomic E-state index is 0.547. The summed E-state index contributed by atoms with van der Waals surface area (Å²) in [6.45, 7) is 8.53. The number of aromatic amines is 2. The number of anilines is 1. The molecule has 0 radical (unpaired) electrons. The van der Waals surface area contributed by atoms with Gasteiger partial charge in [0, 0.05) is 39.9 Å². The number of allylic oxidation sites excluding steroid dienone is 5. The van der Waals surface area contributed by atoms with Crippen LogP contribution in [-0.4, -0.2) is 25.1 Å². The molecule has 4 heterocycles. The normalized spacial score (nSPS) is 13.1. The van der Waals surface area contributed by atoms with Crippen LogP contribution in [0.25, 0.3) is 49.9 Å². The summed E-state index contributed by atoms with van der Waals surface area (Å²) in [5.74, 6) is 0.547. The molecule has 0 atom stereocenters. The van der Waals surface area contributed by atoms with Gasteiger partial charge in [0.2, 0.25) is 0 Å². The number of hydrogen-bond donors (Lipinski definition) is 3. The first-order valence-electron chi connectivity index (χ1n) is 12.3. The van der Waals surface area contributed by atoms with E-state index in [0.29, 0.717) is 5.92 Å². The van der Waals surface area contributed by atoms with Crippen molar-refractivity contribution in [2.75, 3.05) is 5.32 Å². The average molecular weight is 473 g/mol. The van der Waals surface area contributed by atoms with Crippen molar-refractivity contribution in [1.82, 2.24) is 25.1 Å². The predicted molar refractivity (Wildman–Crippen MR) is 148 cm³/mol. The molecule has 3 N–H and O–H groups in total. The highest BCUT2D eigenvalue weighted by molar-refractivity contribution is 6.00. The second-order valence-corrected chi connectivity index (χ2v) is 9.72. The first-order chi connectivity index (χ1) is 17.5. The van der Waals surface area contributed by atoms with Crippen molar-refractivity contribution in [3.63, 3.8) is 0 Å². The van der Waals surface area contributed by atoms with Gasteiger partial charge in [0.05, 0.1) is 28.8 Å². The molecule has 1 aromatic carbocycles. The molecule has 1 aliphatic carbocycles. The van der Waals surface area contributed by atoms with E-state index in [2.05, 4.69) is 99.5 Å². The number of nitrogens with zero attached hydrogens (tertiary/aromatic N) is 3. The lowest BCUT2D eigenvalue weighted by molar-refractivity contribution is 0.645. The Morgan fingerprint density at radius 1 is 1.03 bits per heavy atom. The van der Waals surface area contributed by atoms with E-state index in [1.54, 1.807) is 0 Å². The lowest BCUT2D eigenvalue weighted by atomic mass is 10.0. The Morgan fingerprint density at radius 2 is 1.92 bits per heavy atom. The molecule has 0 fully saturated rings. The lowest BCUT2D eigenvalue weighted by Gasteiger charge is -2.12. The Balaban J connectivity index is 1.37. The van der Waals surface area contributed by atoms with E-state index in [1.807, 2.05) is 24.7 Å². The number of benzene rings is 1. The van der Waals surface area contributed by atoms with Crippen molar-refractivity contribution in [1.29, 1.82) is 0 Å². The molecular weight excluding hydrogens is 444 g/mol. The number of pyridine rings is 2. The van der Waals surface area contributed by atoms with Crippen LogP contribution < -0.4 is 5.32 Å². The van der Waals surface area contributed by atoms with Gasteiger partial charge in [-0.2, -0.15) is 5.10 Å². The molecule has 0 saturated carbocycles. The van der Waals surface area contributed by atoms with Gasteiger partial charge in [0.15, 0.2) is 0 Å².